The molecule has 10 heteroatoms. The highest BCUT2D eigenvalue weighted by Gasteiger charge is 2.30. The Hall–Kier alpha value is -2.88. The summed E-state index contributed by atoms with van der Waals surface area (Å²) in [5, 5.41) is 5.02. The van der Waals surface area contributed by atoms with E-state index in [-0.39, 0.29) is 29.1 Å². The van der Waals surface area contributed by atoms with Gasteiger partial charge in [-0.05, 0) is 48.5 Å². The molecule has 0 aromatic heterocycles. The molecule has 28 heavy (non-hydrogen) atoms. The molecule has 0 bridgehead atoms. The minimum absolute atomic E-state index is 0.0625. The minimum atomic E-state index is -4.47. The van der Waals surface area contributed by atoms with Crippen molar-refractivity contribution in [1.29, 1.82) is 0 Å². The molecule has 0 aliphatic rings. The van der Waals surface area contributed by atoms with Crippen LogP contribution in [0.5, 0.6) is 0 Å². The standard InChI is InChI=1S/C18H17F3N2O4S/c1-28(26,27)15-8-4-13(5-9-15)17(25)23-11-10-22-16(24)12-2-6-14(7-3-12)18(19,20)21/h2-9H,10-11H2,1H3,(H,22,24)(H,23,25). The lowest BCUT2D eigenvalue weighted by atomic mass is 10.1. The second-order valence-corrected chi connectivity index (χ2v) is 7.90. The zero-order valence-electron chi connectivity index (χ0n) is 14.7. The molecule has 150 valence electrons. The first-order valence-corrected chi connectivity index (χ1v) is 9.91. The van der Waals surface area contributed by atoms with Crippen molar-refractivity contribution < 1.29 is 31.2 Å². The molecule has 0 aliphatic heterocycles. The van der Waals surface area contributed by atoms with Crippen LogP contribution in [0.15, 0.2) is 53.4 Å². The number of carbonyl (C=O) groups is 2. The molecule has 2 aromatic rings. The first-order valence-electron chi connectivity index (χ1n) is 8.02. The highest BCUT2D eigenvalue weighted by molar-refractivity contribution is 7.90. The van der Waals surface area contributed by atoms with Crippen molar-refractivity contribution >= 4 is 21.7 Å². The number of rotatable bonds is 6. The predicted octanol–water partition coefficient (Wildman–Crippen LogP) is 2.27. The molecule has 2 aromatic carbocycles. The molecule has 0 aliphatic carbocycles. The van der Waals surface area contributed by atoms with Gasteiger partial charge in [-0.1, -0.05) is 0 Å². The fourth-order valence-corrected chi connectivity index (χ4v) is 2.85. The Morgan fingerprint density at radius 3 is 1.57 bits per heavy atom. The van der Waals surface area contributed by atoms with Gasteiger partial charge in [0.1, 0.15) is 0 Å². The quantitative estimate of drug-likeness (QED) is 0.710. The van der Waals surface area contributed by atoms with Crippen LogP contribution in [-0.4, -0.2) is 39.6 Å². The first-order chi connectivity index (χ1) is 13.0. The van der Waals surface area contributed by atoms with Crippen LogP contribution in [-0.2, 0) is 16.0 Å². The lowest BCUT2D eigenvalue weighted by Crippen LogP contribution is -2.34. The zero-order chi connectivity index (χ0) is 20.9. The molecule has 2 amide bonds. The number of carbonyl (C=O) groups excluding carboxylic acids is 2. The topological polar surface area (TPSA) is 92.3 Å². The SMILES string of the molecule is CS(=O)(=O)c1ccc(C(=O)NCCNC(=O)c2ccc(C(F)(F)F)cc2)cc1. The van der Waals surface area contributed by atoms with Crippen molar-refractivity contribution in [2.24, 2.45) is 0 Å². The first kappa shape index (κ1) is 21.4. The number of sulfone groups is 1. The van der Waals surface area contributed by atoms with Crippen LogP contribution in [0.1, 0.15) is 26.3 Å². The fourth-order valence-electron chi connectivity index (χ4n) is 2.22. The Morgan fingerprint density at radius 1 is 0.821 bits per heavy atom. The van der Waals surface area contributed by atoms with Gasteiger partial charge in [-0.3, -0.25) is 9.59 Å². The molecule has 0 saturated heterocycles. The molecule has 2 N–H and O–H groups in total. The van der Waals surface area contributed by atoms with E-state index in [2.05, 4.69) is 10.6 Å². The Kier molecular flexibility index (Phi) is 6.45. The molecule has 0 spiro atoms. The Morgan fingerprint density at radius 2 is 1.21 bits per heavy atom. The summed E-state index contributed by atoms with van der Waals surface area (Å²) in [6.07, 6.45) is -3.42. The lowest BCUT2D eigenvalue weighted by molar-refractivity contribution is -0.137. The van der Waals surface area contributed by atoms with Crippen LogP contribution in [0, 0.1) is 0 Å². The second kappa shape index (κ2) is 8.42. The van der Waals surface area contributed by atoms with Gasteiger partial charge in [-0.2, -0.15) is 13.2 Å². The summed E-state index contributed by atoms with van der Waals surface area (Å²) in [6, 6.07) is 9.14. The van der Waals surface area contributed by atoms with Crippen molar-refractivity contribution in [2.45, 2.75) is 11.1 Å². The Bertz CT molecular complexity index is 954. The smallest absolute Gasteiger partial charge is 0.350 e. The number of amides is 2. The Balaban J connectivity index is 1.82. The van der Waals surface area contributed by atoms with Crippen LogP contribution in [0.2, 0.25) is 0 Å². The summed E-state index contributed by atoms with van der Waals surface area (Å²) in [5.74, 6) is -1.02. The molecule has 6 nitrogen and oxygen atoms in total. The summed E-state index contributed by atoms with van der Waals surface area (Å²) in [4.78, 5) is 24.0. The van der Waals surface area contributed by atoms with E-state index in [1.165, 1.54) is 24.3 Å². The van der Waals surface area contributed by atoms with Gasteiger partial charge in [0.15, 0.2) is 9.84 Å². The van der Waals surface area contributed by atoms with Gasteiger partial charge < -0.3 is 10.6 Å². The van der Waals surface area contributed by atoms with E-state index >= 15 is 0 Å². The summed E-state index contributed by atoms with van der Waals surface area (Å²) in [5.41, 5.74) is -0.532. The van der Waals surface area contributed by atoms with Crippen LogP contribution < -0.4 is 10.6 Å². The average molecular weight is 414 g/mol. The third kappa shape index (κ3) is 5.81. The number of nitrogens with one attached hydrogen (secondary N) is 2. The average Bonchev–Trinajstić information content (AvgIpc) is 2.63. The molecule has 2 rings (SSSR count). The molecule has 0 fully saturated rings. The maximum Gasteiger partial charge on any atom is 0.416 e. The van der Waals surface area contributed by atoms with Crippen LogP contribution >= 0.6 is 0 Å². The van der Waals surface area contributed by atoms with E-state index in [0.717, 1.165) is 30.5 Å². The van der Waals surface area contributed by atoms with Crippen molar-refractivity contribution in [3.63, 3.8) is 0 Å². The van der Waals surface area contributed by atoms with E-state index in [0.29, 0.717) is 0 Å². The van der Waals surface area contributed by atoms with Crippen LogP contribution in [0.3, 0.4) is 0 Å². The van der Waals surface area contributed by atoms with Crippen LogP contribution in [0.25, 0.3) is 0 Å². The third-order valence-corrected chi connectivity index (χ3v) is 4.84. The van der Waals surface area contributed by atoms with Gasteiger partial charge >= 0.3 is 6.18 Å². The molecule has 0 radical (unpaired) electrons. The zero-order valence-corrected chi connectivity index (χ0v) is 15.5. The maximum atomic E-state index is 12.5. The van der Waals surface area contributed by atoms with Crippen molar-refractivity contribution in [2.75, 3.05) is 19.3 Å². The monoisotopic (exact) mass is 414 g/mol. The third-order valence-electron chi connectivity index (χ3n) is 3.72. The molecule has 0 saturated carbocycles. The highest BCUT2D eigenvalue weighted by Crippen LogP contribution is 2.29. The summed E-state index contributed by atoms with van der Waals surface area (Å²) in [7, 11) is -3.35. The van der Waals surface area contributed by atoms with Crippen molar-refractivity contribution in [3.8, 4) is 0 Å². The number of hydrogen-bond acceptors (Lipinski definition) is 4. The van der Waals surface area contributed by atoms with Crippen molar-refractivity contribution in [3.05, 3.63) is 65.2 Å². The molecule has 0 atom stereocenters. The van der Waals surface area contributed by atoms with Gasteiger partial charge in [0, 0.05) is 30.5 Å². The van der Waals surface area contributed by atoms with Gasteiger partial charge in [0.25, 0.3) is 11.8 Å². The lowest BCUT2D eigenvalue weighted by Gasteiger charge is -2.09. The fraction of sp³-hybridized carbons (Fsp3) is 0.222. The predicted molar refractivity (Wildman–Crippen MR) is 95.7 cm³/mol. The molecular weight excluding hydrogens is 397 g/mol. The van der Waals surface area contributed by atoms with E-state index in [1.807, 2.05) is 0 Å². The number of alkyl halides is 3. The molecule has 0 heterocycles. The van der Waals surface area contributed by atoms with E-state index in [1.54, 1.807) is 0 Å². The van der Waals surface area contributed by atoms with E-state index < -0.39 is 33.4 Å². The largest absolute Gasteiger partial charge is 0.416 e. The summed E-state index contributed by atoms with van der Waals surface area (Å²) < 4.78 is 60.2. The highest BCUT2D eigenvalue weighted by atomic mass is 32.2. The number of benzene rings is 2. The Labute approximate surface area is 159 Å². The van der Waals surface area contributed by atoms with Crippen LogP contribution in [0.4, 0.5) is 13.2 Å². The maximum absolute atomic E-state index is 12.5. The molecule has 0 unspecified atom stereocenters. The number of halogens is 3. The normalized spacial score (nSPS) is 11.7. The second-order valence-electron chi connectivity index (χ2n) is 5.88. The molecular formula is C18H17F3N2O4S. The summed E-state index contributed by atoms with van der Waals surface area (Å²) in [6.45, 7) is 0.145. The van der Waals surface area contributed by atoms with E-state index in [9.17, 15) is 31.2 Å². The minimum Gasteiger partial charge on any atom is -0.350 e. The van der Waals surface area contributed by atoms with E-state index in [4.69, 9.17) is 0 Å². The summed E-state index contributed by atoms with van der Waals surface area (Å²) >= 11 is 0. The van der Waals surface area contributed by atoms with Gasteiger partial charge in [0.05, 0.1) is 10.5 Å². The van der Waals surface area contributed by atoms with Crippen molar-refractivity contribution in [1.82, 2.24) is 10.6 Å². The van der Waals surface area contributed by atoms with Gasteiger partial charge in [-0.25, -0.2) is 8.42 Å². The number of hydrogen-bond donors (Lipinski definition) is 2. The van der Waals surface area contributed by atoms with Gasteiger partial charge in [0.2, 0.25) is 0 Å². The van der Waals surface area contributed by atoms with Gasteiger partial charge in [-0.15, -0.1) is 0 Å².